The van der Waals surface area contributed by atoms with Crippen LogP contribution in [0.3, 0.4) is 0 Å². The van der Waals surface area contributed by atoms with Crippen molar-refractivity contribution in [2.75, 3.05) is 11.9 Å². The molecular formula is C20H26N2O3S. The van der Waals surface area contributed by atoms with Crippen LogP contribution in [0.15, 0.2) is 53.4 Å². The van der Waals surface area contributed by atoms with Crippen molar-refractivity contribution in [3.63, 3.8) is 0 Å². The van der Waals surface area contributed by atoms with Gasteiger partial charge in [0.25, 0.3) is 5.91 Å². The first-order chi connectivity index (χ1) is 12.3. The lowest BCUT2D eigenvalue weighted by Gasteiger charge is -2.09. The molecule has 0 aliphatic rings. The highest BCUT2D eigenvalue weighted by Crippen LogP contribution is 2.14. The van der Waals surface area contributed by atoms with Gasteiger partial charge >= 0.3 is 0 Å². The molecule has 0 heterocycles. The van der Waals surface area contributed by atoms with Crippen LogP contribution in [-0.2, 0) is 16.4 Å². The molecule has 1 amide bonds. The molecule has 0 radical (unpaired) electrons. The second-order valence-electron chi connectivity index (χ2n) is 6.61. The third-order valence-corrected chi connectivity index (χ3v) is 5.54. The normalized spacial score (nSPS) is 11.5. The Labute approximate surface area is 155 Å². The number of hydrogen-bond donors (Lipinski definition) is 2. The summed E-state index contributed by atoms with van der Waals surface area (Å²) >= 11 is 0. The zero-order chi connectivity index (χ0) is 19.2. The van der Waals surface area contributed by atoms with Crippen molar-refractivity contribution >= 4 is 21.6 Å². The van der Waals surface area contributed by atoms with Gasteiger partial charge in [-0.25, -0.2) is 13.1 Å². The predicted octanol–water partition coefficient (Wildman–Crippen LogP) is 3.83. The van der Waals surface area contributed by atoms with Gasteiger partial charge in [-0.05, 0) is 60.7 Å². The Balaban J connectivity index is 2.02. The third-order valence-electron chi connectivity index (χ3n) is 4.06. The lowest BCUT2D eigenvalue weighted by atomic mass is 10.1. The number of hydrogen-bond acceptors (Lipinski definition) is 3. The van der Waals surface area contributed by atoms with Crippen molar-refractivity contribution in [1.29, 1.82) is 0 Å². The van der Waals surface area contributed by atoms with E-state index in [0.29, 0.717) is 23.7 Å². The lowest BCUT2D eigenvalue weighted by molar-refractivity contribution is 0.102. The molecule has 0 aliphatic carbocycles. The Morgan fingerprint density at radius 3 is 2.15 bits per heavy atom. The largest absolute Gasteiger partial charge is 0.322 e. The Bertz CT molecular complexity index is 826. The average molecular weight is 375 g/mol. The van der Waals surface area contributed by atoms with E-state index in [1.54, 1.807) is 0 Å². The first kappa shape index (κ1) is 20.1. The highest BCUT2D eigenvalue weighted by molar-refractivity contribution is 7.89. The van der Waals surface area contributed by atoms with Crippen molar-refractivity contribution in [1.82, 2.24) is 4.72 Å². The maximum Gasteiger partial charge on any atom is 0.255 e. The van der Waals surface area contributed by atoms with E-state index in [1.165, 1.54) is 29.8 Å². The van der Waals surface area contributed by atoms with E-state index in [9.17, 15) is 13.2 Å². The van der Waals surface area contributed by atoms with E-state index in [2.05, 4.69) is 17.0 Å². The van der Waals surface area contributed by atoms with Crippen LogP contribution >= 0.6 is 0 Å². The monoisotopic (exact) mass is 374 g/mol. The Morgan fingerprint density at radius 1 is 1.00 bits per heavy atom. The molecule has 0 bridgehead atoms. The van der Waals surface area contributed by atoms with Crippen molar-refractivity contribution in [2.24, 2.45) is 5.92 Å². The number of aryl methyl sites for hydroxylation is 1. The second-order valence-corrected chi connectivity index (χ2v) is 8.38. The second kappa shape index (κ2) is 8.96. The Morgan fingerprint density at radius 2 is 1.62 bits per heavy atom. The summed E-state index contributed by atoms with van der Waals surface area (Å²) in [4.78, 5) is 12.5. The maximum absolute atomic E-state index is 12.3. The summed E-state index contributed by atoms with van der Waals surface area (Å²) in [5.74, 6) is 0.154. The fourth-order valence-electron chi connectivity index (χ4n) is 2.38. The van der Waals surface area contributed by atoms with Crippen LogP contribution in [0.1, 0.15) is 43.1 Å². The molecule has 0 saturated heterocycles. The smallest absolute Gasteiger partial charge is 0.255 e. The van der Waals surface area contributed by atoms with Gasteiger partial charge < -0.3 is 5.32 Å². The van der Waals surface area contributed by atoms with Crippen LogP contribution in [-0.4, -0.2) is 20.9 Å². The van der Waals surface area contributed by atoms with Crippen molar-refractivity contribution in [3.05, 3.63) is 59.7 Å². The quantitative estimate of drug-likeness (QED) is 0.737. The highest BCUT2D eigenvalue weighted by Gasteiger charge is 2.15. The lowest BCUT2D eigenvalue weighted by Crippen LogP contribution is -2.25. The first-order valence-electron chi connectivity index (χ1n) is 8.82. The first-order valence-corrected chi connectivity index (χ1v) is 10.3. The number of nitrogens with one attached hydrogen (secondary N) is 2. The molecular weight excluding hydrogens is 348 g/mol. The van der Waals surface area contributed by atoms with E-state index in [-0.39, 0.29) is 10.8 Å². The van der Waals surface area contributed by atoms with Gasteiger partial charge in [-0.3, -0.25) is 4.79 Å². The van der Waals surface area contributed by atoms with Gasteiger partial charge in [-0.2, -0.15) is 0 Å². The van der Waals surface area contributed by atoms with E-state index in [0.717, 1.165) is 12.8 Å². The molecule has 140 valence electrons. The number of carbonyl (C=O) groups is 1. The standard InChI is InChI=1S/C20H26N2O3S/c1-4-16-5-9-18(10-6-16)22-20(23)17-7-11-19(12-8-17)26(24,25)21-14-13-15(2)3/h5-12,15,21H,4,13-14H2,1-3H3,(H,22,23). The van der Waals surface area contributed by atoms with Gasteiger partial charge in [0.15, 0.2) is 0 Å². The Kier molecular flexibility index (Phi) is 6.94. The maximum atomic E-state index is 12.3. The SMILES string of the molecule is CCc1ccc(NC(=O)c2ccc(S(=O)(=O)NCCC(C)C)cc2)cc1. The van der Waals surface area contributed by atoms with E-state index in [4.69, 9.17) is 0 Å². The van der Waals surface area contributed by atoms with Gasteiger partial charge in [0.2, 0.25) is 10.0 Å². The third kappa shape index (κ3) is 5.68. The number of carbonyl (C=O) groups excluding carboxylic acids is 1. The summed E-state index contributed by atoms with van der Waals surface area (Å²) < 4.78 is 27.0. The zero-order valence-electron chi connectivity index (χ0n) is 15.5. The summed E-state index contributed by atoms with van der Waals surface area (Å²) in [6.07, 6.45) is 1.71. The summed E-state index contributed by atoms with van der Waals surface area (Å²) in [5, 5.41) is 2.81. The predicted molar refractivity (Wildman–Crippen MR) is 105 cm³/mol. The van der Waals surface area contributed by atoms with E-state index >= 15 is 0 Å². The van der Waals surface area contributed by atoms with Gasteiger partial charge in [0, 0.05) is 17.8 Å². The Hall–Kier alpha value is -2.18. The molecule has 2 aromatic rings. The van der Waals surface area contributed by atoms with Gasteiger partial charge in [-0.1, -0.05) is 32.9 Å². The minimum Gasteiger partial charge on any atom is -0.322 e. The minimum absolute atomic E-state index is 0.158. The minimum atomic E-state index is -3.55. The number of benzene rings is 2. The summed E-state index contributed by atoms with van der Waals surface area (Å²) in [5.41, 5.74) is 2.31. The number of anilines is 1. The fourth-order valence-corrected chi connectivity index (χ4v) is 3.43. The molecule has 0 unspecified atom stereocenters. The number of sulfonamides is 1. The molecule has 0 aliphatic heterocycles. The van der Waals surface area contributed by atoms with Crippen molar-refractivity contribution in [3.8, 4) is 0 Å². The molecule has 2 aromatic carbocycles. The highest BCUT2D eigenvalue weighted by atomic mass is 32.2. The van der Waals surface area contributed by atoms with E-state index < -0.39 is 10.0 Å². The van der Waals surface area contributed by atoms with Crippen LogP contribution in [0, 0.1) is 5.92 Å². The van der Waals surface area contributed by atoms with Gasteiger partial charge in [-0.15, -0.1) is 0 Å². The van der Waals surface area contributed by atoms with Crippen LogP contribution in [0.4, 0.5) is 5.69 Å². The molecule has 0 spiro atoms. The molecule has 0 atom stereocenters. The molecule has 2 N–H and O–H groups in total. The van der Waals surface area contributed by atoms with Crippen LogP contribution in [0.5, 0.6) is 0 Å². The average Bonchev–Trinajstić information content (AvgIpc) is 2.62. The van der Waals surface area contributed by atoms with Crippen molar-refractivity contribution in [2.45, 2.75) is 38.5 Å². The summed E-state index contributed by atoms with van der Waals surface area (Å²) in [6.45, 7) is 6.55. The summed E-state index contributed by atoms with van der Waals surface area (Å²) in [6, 6.07) is 13.6. The van der Waals surface area contributed by atoms with Crippen LogP contribution < -0.4 is 10.0 Å². The van der Waals surface area contributed by atoms with Crippen molar-refractivity contribution < 1.29 is 13.2 Å². The molecule has 0 fully saturated rings. The van der Waals surface area contributed by atoms with E-state index in [1.807, 2.05) is 38.1 Å². The molecule has 5 nitrogen and oxygen atoms in total. The molecule has 0 saturated carbocycles. The molecule has 0 aromatic heterocycles. The fraction of sp³-hybridized carbons (Fsp3) is 0.350. The summed E-state index contributed by atoms with van der Waals surface area (Å²) in [7, 11) is -3.55. The molecule has 2 rings (SSSR count). The van der Waals surface area contributed by atoms with Crippen LogP contribution in [0.25, 0.3) is 0 Å². The molecule has 6 heteroatoms. The zero-order valence-corrected chi connectivity index (χ0v) is 16.3. The molecule has 26 heavy (non-hydrogen) atoms. The number of rotatable bonds is 8. The van der Waals surface area contributed by atoms with Crippen LogP contribution in [0.2, 0.25) is 0 Å². The number of amides is 1. The topological polar surface area (TPSA) is 75.3 Å². The van der Waals surface area contributed by atoms with Gasteiger partial charge in [0.05, 0.1) is 4.90 Å². The van der Waals surface area contributed by atoms with Gasteiger partial charge in [0.1, 0.15) is 0 Å².